The quantitative estimate of drug-likeness (QED) is 0.484. The molecule has 0 saturated heterocycles. The highest BCUT2D eigenvalue weighted by molar-refractivity contribution is 6.44. The summed E-state index contributed by atoms with van der Waals surface area (Å²) in [6.07, 6.45) is 0. The molecule has 0 atom stereocenters. The third-order valence-electron chi connectivity index (χ3n) is 2.93. The number of carbonyl (C=O) groups is 2. The minimum Gasteiger partial charge on any atom is -0.318 e. The number of hydrogen-bond donors (Lipinski definition) is 2. The maximum Gasteiger partial charge on any atom is 0.314 e. The highest BCUT2D eigenvalue weighted by Gasteiger charge is 2.18. The molecule has 11 heteroatoms. The van der Waals surface area contributed by atoms with Crippen molar-refractivity contribution in [2.24, 2.45) is 0 Å². The number of anilines is 2. The molecule has 2 N–H and O–H groups in total. The number of carbonyl (C=O) groups excluding carboxylic acids is 2. The van der Waals surface area contributed by atoms with E-state index < -0.39 is 21.7 Å². The van der Waals surface area contributed by atoms with Crippen molar-refractivity contribution in [3.63, 3.8) is 0 Å². The van der Waals surface area contributed by atoms with Gasteiger partial charge in [-0.1, -0.05) is 17.7 Å². The second-order valence-corrected chi connectivity index (χ2v) is 5.04. The SMILES string of the molecule is O=C(Nc1cccc([N+](=O)[O-])c1)C(=O)Nc1cc([N+](=O)[O-])ccc1Cl. The first-order valence-electron chi connectivity index (χ1n) is 6.58. The Kier molecular flexibility index (Phi) is 5.25. The minimum atomic E-state index is -1.14. The third-order valence-corrected chi connectivity index (χ3v) is 3.26. The zero-order chi connectivity index (χ0) is 18.6. The molecule has 0 radical (unpaired) electrons. The molecule has 0 unspecified atom stereocenters. The number of amides is 2. The zero-order valence-electron chi connectivity index (χ0n) is 12.3. The van der Waals surface area contributed by atoms with Crippen LogP contribution >= 0.6 is 11.6 Å². The molecule has 128 valence electrons. The lowest BCUT2D eigenvalue weighted by molar-refractivity contribution is -0.385. The van der Waals surface area contributed by atoms with Crippen molar-refractivity contribution in [3.8, 4) is 0 Å². The van der Waals surface area contributed by atoms with E-state index in [2.05, 4.69) is 10.6 Å². The largest absolute Gasteiger partial charge is 0.318 e. The van der Waals surface area contributed by atoms with Gasteiger partial charge in [0.2, 0.25) is 0 Å². The van der Waals surface area contributed by atoms with Gasteiger partial charge in [0.15, 0.2) is 0 Å². The number of halogens is 1. The van der Waals surface area contributed by atoms with Crippen molar-refractivity contribution in [2.45, 2.75) is 0 Å². The van der Waals surface area contributed by atoms with Gasteiger partial charge in [-0.2, -0.15) is 0 Å². The summed E-state index contributed by atoms with van der Waals surface area (Å²) in [5.74, 6) is -2.27. The van der Waals surface area contributed by atoms with Crippen LogP contribution in [0.3, 0.4) is 0 Å². The molecule has 0 fully saturated rings. The van der Waals surface area contributed by atoms with Crippen LogP contribution in [-0.4, -0.2) is 21.7 Å². The normalized spacial score (nSPS) is 9.96. The van der Waals surface area contributed by atoms with Gasteiger partial charge in [-0.25, -0.2) is 0 Å². The molecule has 2 rings (SSSR count). The van der Waals surface area contributed by atoms with E-state index >= 15 is 0 Å². The number of nitro benzene ring substituents is 2. The number of nitrogens with one attached hydrogen (secondary N) is 2. The molecule has 0 aliphatic rings. The fraction of sp³-hybridized carbons (Fsp3) is 0. The van der Waals surface area contributed by atoms with Gasteiger partial charge in [-0.05, 0) is 12.1 Å². The van der Waals surface area contributed by atoms with E-state index in [0.717, 1.165) is 18.2 Å². The molecular formula is C14H9ClN4O6. The van der Waals surface area contributed by atoms with Gasteiger partial charge in [0.25, 0.3) is 11.4 Å². The smallest absolute Gasteiger partial charge is 0.314 e. The Morgan fingerprint density at radius 1 is 0.880 bits per heavy atom. The first-order chi connectivity index (χ1) is 11.8. The Labute approximate surface area is 144 Å². The summed E-state index contributed by atoms with van der Waals surface area (Å²) in [6.45, 7) is 0. The van der Waals surface area contributed by atoms with Gasteiger partial charge in [-0.3, -0.25) is 29.8 Å². The average molecular weight is 365 g/mol. The Bertz CT molecular complexity index is 885. The molecular weight excluding hydrogens is 356 g/mol. The van der Waals surface area contributed by atoms with Crippen LogP contribution in [0.25, 0.3) is 0 Å². The molecule has 0 aliphatic carbocycles. The first kappa shape index (κ1) is 17.8. The Morgan fingerprint density at radius 3 is 2.12 bits per heavy atom. The molecule has 25 heavy (non-hydrogen) atoms. The van der Waals surface area contributed by atoms with Crippen molar-refractivity contribution in [1.82, 2.24) is 0 Å². The molecule has 2 aromatic carbocycles. The van der Waals surface area contributed by atoms with Crippen LogP contribution in [0.2, 0.25) is 5.02 Å². The van der Waals surface area contributed by atoms with E-state index in [9.17, 15) is 29.8 Å². The fourth-order valence-electron chi connectivity index (χ4n) is 1.79. The lowest BCUT2D eigenvalue weighted by Crippen LogP contribution is -2.29. The maximum atomic E-state index is 11.9. The van der Waals surface area contributed by atoms with E-state index in [4.69, 9.17) is 11.6 Å². The number of nitro groups is 2. The Morgan fingerprint density at radius 2 is 1.48 bits per heavy atom. The van der Waals surface area contributed by atoms with Crippen molar-refractivity contribution in [1.29, 1.82) is 0 Å². The summed E-state index contributed by atoms with van der Waals surface area (Å²) in [4.78, 5) is 43.8. The molecule has 0 spiro atoms. The molecule has 0 aromatic heterocycles. The van der Waals surface area contributed by atoms with E-state index in [-0.39, 0.29) is 27.8 Å². The van der Waals surface area contributed by atoms with Crippen molar-refractivity contribution in [3.05, 3.63) is 67.7 Å². The summed E-state index contributed by atoms with van der Waals surface area (Å²) in [5.41, 5.74) is -0.659. The average Bonchev–Trinajstić information content (AvgIpc) is 2.56. The maximum absolute atomic E-state index is 11.9. The molecule has 0 saturated carbocycles. The van der Waals surface area contributed by atoms with Crippen molar-refractivity contribution in [2.75, 3.05) is 10.6 Å². The predicted octanol–water partition coefficient (Wildman–Crippen LogP) is 2.73. The van der Waals surface area contributed by atoms with Crippen LogP contribution in [0.15, 0.2) is 42.5 Å². The minimum absolute atomic E-state index is 0.00194. The topological polar surface area (TPSA) is 144 Å². The van der Waals surface area contributed by atoms with Gasteiger partial charge in [0, 0.05) is 30.0 Å². The second kappa shape index (κ2) is 7.36. The molecule has 0 heterocycles. The van der Waals surface area contributed by atoms with Gasteiger partial charge in [0.05, 0.1) is 20.6 Å². The molecule has 0 bridgehead atoms. The number of hydrogen-bond acceptors (Lipinski definition) is 6. The Balaban J connectivity index is 2.12. The van der Waals surface area contributed by atoms with Crippen LogP contribution in [-0.2, 0) is 9.59 Å². The van der Waals surface area contributed by atoms with Crippen LogP contribution in [0, 0.1) is 20.2 Å². The fourth-order valence-corrected chi connectivity index (χ4v) is 1.95. The van der Waals surface area contributed by atoms with Gasteiger partial charge in [-0.15, -0.1) is 0 Å². The summed E-state index contributed by atoms with van der Waals surface area (Å²) >= 11 is 5.82. The van der Waals surface area contributed by atoms with Crippen molar-refractivity contribution >= 4 is 46.2 Å². The highest BCUT2D eigenvalue weighted by Crippen LogP contribution is 2.26. The van der Waals surface area contributed by atoms with E-state index in [1.165, 1.54) is 24.3 Å². The summed E-state index contributed by atoms with van der Waals surface area (Å²) in [6, 6.07) is 8.33. The molecule has 10 nitrogen and oxygen atoms in total. The van der Waals surface area contributed by atoms with E-state index in [0.29, 0.717) is 0 Å². The van der Waals surface area contributed by atoms with Crippen LogP contribution in [0.5, 0.6) is 0 Å². The first-order valence-corrected chi connectivity index (χ1v) is 6.96. The van der Waals surface area contributed by atoms with Gasteiger partial charge < -0.3 is 10.6 Å². The number of rotatable bonds is 4. The van der Waals surface area contributed by atoms with Crippen LogP contribution in [0.1, 0.15) is 0 Å². The van der Waals surface area contributed by atoms with E-state index in [1.807, 2.05) is 0 Å². The molecule has 0 aliphatic heterocycles. The summed E-state index contributed by atoms with van der Waals surface area (Å²) < 4.78 is 0. The lowest BCUT2D eigenvalue weighted by Gasteiger charge is -2.08. The third kappa shape index (κ3) is 4.48. The van der Waals surface area contributed by atoms with Gasteiger partial charge >= 0.3 is 11.8 Å². The summed E-state index contributed by atoms with van der Waals surface area (Å²) in [7, 11) is 0. The molecule has 2 aromatic rings. The Hall–Kier alpha value is -3.53. The van der Waals surface area contributed by atoms with Crippen LogP contribution < -0.4 is 10.6 Å². The molecule has 2 amide bonds. The van der Waals surface area contributed by atoms with Crippen molar-refractivity contribution < 1.29 is 19.4 Å². The number of benzene rings is 2. The summed E-state index contributed by atoms with van der Waals surface area (Å²) in [5, 5.41) is 25.7. The number of nitrogens with zero attached hydrogens (tertiary/aromatic N) is 2. The van der Waals surface area contributed by atoms with Gasteiger partial charge in [0.1, 0.15) is 0 Å². The lowest BCUT2D eigenvalue weighted by atomic mass is 10.2. The highest BCUT2D eigenvalue weighted by atomic mass is 35.5. The second-order valence-electron chi connectivity index (χ2n) is 4.64. The number of non-ortho nitro benzene ring substituents is 2. The predicted molar refractivity (Wildman–Crippen MR) is 88.5 cm³/mol. The zero-order valence-corrected chi connectivity index (χ0v) is 13.0. The van der Waals surface area contributed by atoms with E-state index in [1.54, 1.807) is 0 Å². The standard InChI is InChI=1S/C14H9ClN4O6/c15-11-5-4-10(19(24)25)7-12(11)17-14(21)13(20)16-8-2-1-3-9(6-8)18(22)23/h1-7H,(H,16,20)(H,17,21). The monoisotopic (exact) mass is 364 g/mol. The van der Waals surface area contributed by atoms with Crippen LogP contribution in [0.4, 0.5) is 22.7 Å².